The lowest BCUT2D eigenvalue weighted by Crippen LogP contribution is -2.48. The van der Waals surface area contributed by atoms with Crippen LogP contribution in [0.1, 0.15) is 168 Å². The molecule has 51 heavy (non-hydrogen) atoms. The van der Waals surface area contributed by atoms with Crippen molar-refractivity contribution in [2.75, 3.05) is 72.7 Å². The van der Waals surface area contributed by atoms with Crippen molar-refractivity contribution in [1.82, 2.24) is 15.1 Å². The molecule has 5 heteroatoms. The van der Waals surface area contributed by atoms with Crippen LogP contribution in [-0.2, 0) is 9.47 Å². The lowest BCUT2D eigenvalue weighted by molar-refractivity contribution is 0.0513. The van der Waals surface area contributed by atoms with Crippen molar-refractivity contribution in [1.29, 1.82) is 0 Å². The third-order valence-corrected chi connectivity index (χ3v) is 10.1. The minimum Gasteiger partial charge on any atom is -0.380 e. The third-order valence-electron chi connectivity index (χ3n) is 10.1. The lowest BCUT2D eigenvalue weighted by Gasteiger charge is -2.32. The van der Waals surface area contributed by atoms with Crippen molar-refractivity contribution < 1.29 is 9.47 Å². The summed E-state index contributed by atoms with van der Waals surface area (Å²) < 4.78 is 12.3. The zero-order valence-electron chi connectivity index (χ0n) is 34.4. The highest BCUT2D eigenvalue weighted by Crippen LogP contribution is 2.10. The Bertz CT molecular complexity index is 750. The molecule has 0 amide bonds. The quantitative estimate of drug-likeness (QED) is 0.0509. The van der Waals surface area contributed by atoms with Gasteiger partial charge in [0.25, 0.3) is 0 Å². The van der Waals surface area contributed by atoms with E-state index in [1.807, 2.05) is 0 Å². The molecule has 0 aromatic heterocycles. The summed E-state index contributed by atoms with van der Waals surface area (Å²) in [7, 11) is 2.23. The van der Waals surface area contributed by atoms with Gasteiger partial charge in [-0.25, -0.2) is 0 Å². The van der Waals surface area contributed by atoms with Crippen LogP contribution >= 0.6 is 0 Å². The topological polar surface area (TPSA) is 37.0 Å². The van der Waals surface area contributed by atoms with Gasteiger partial charge in [0.1, 0.15) is 0 Å². The van der Waals surface area contributed by atoms with E-state index in [-0.39, 0.29) is 6.04 Å². The maximum Gasteiger partial charge on any atom is 0.0642 e. The minimum atomic E-state index is 0.284. The SMILES string of the molecule is CCCCCC=CCC=CCCCCCCCCOCC(COCCCCCCCCC=CCC=CCCCCC)NCCN1CCN(C)CC1. The maximum absolute atomic E-state index is 6.17. The molecule has 0 aromatic rings. The Morgan fingerprint density at radius 3 is 1.31 bits per heavy atom. The molecule has 1 aliphatic rings. The molecule has 1 heterocycles. The van der Waals surface area contributed by atoms with Gasteiger partial charge in [0, 0.05) is 52.5 Å². The van der Waals surface area contributed by atoms with E-state index >= 15 is 0 Å². The second kappa shape index (κ2) is 40.0. The molecule has 0 saturated carbocycles. The summed E-state index contributed by atoms with van der Waals surface area (Å²) in [5.41, 5.74) is 0. The largest absolute Gasteiger partial charge is 0.380 e. The van der Waals surface area contributed by atoms with Gasteiger partial charge in [-0.05, 0) is 84.1 Å². The Hall–Kier alpha value is -1.24. The van der Waals surface area contributed by atoms with E-state index in [4.69, 9.17) is 9.47 Å². The van der Waals surface area contributed by atoms with Gasteiger partial charge in [0.2, 0.25) is 0 Å². The normalized spacial score (nSPS) is 15.5. The zero-order chi connectivity index (χ0) is 36.6. The van der Waals surface area contributed by atoms with Crippen LogP contribution in [0.2, 0.25) is 0 Å². The van der Waals surface area contributed by atoms with E-state index in [1.54, 1.807) is 0 Å². The summed E-state index contributed by atoms with van der Waals surface area (Å²) in [4.78, 5) is 5.01. The molecule has 0 aliphatic carbocycles. The van der Waals surface area contributed by atoms with Gasteiger partial charge in [0.15, 0.2) is 0 Å². The lowest BCUT2D eigenvalue weighted by atomic mass is 10.1. The summed E-state index contributed by atoms with van der Waals surface area (Å²) in [5, 5.41) is 3.77. The van der Waals surface area contributed by atoms with Crippen molar-refractivity contribution >= 4 is 0 Å². The Morgan fingerprint density at radius 2 is 0.882 bits per heavy atom. The first-order chi connectivity index (χ1) is 25.3. The van der Waals surface area contributed by atoms with Crippen molar-refractivity contribution in [2.24, 2.45) is 0 Å². The fourth-order valence-electron chi connectivity index (χ4n) is 6.50. The molecule has 1 N–H and O–H groups in total. The average molecular weight is 714 g/mol. The first kappa shape index (κ1) is 47.8. The van der Waals surface area contributed by atoms with E-state index in [1.165, 1.54) is 167 Å². The Kier molecular flexibility index (Phi) is 37.4. The molecule has 1 rings (SSSR count). The van der Waals surface area contributed by atoms with E-state index in [9.17, 15) is 0 Å². The van der Waals surface area contributed by atoms with Gasteiger partial charge in [-0.2, -0.15) is 0 Å². The number of nitrogens with zero attached hydrogens (tertiary/aromatic N) is 2. The van der Waals surface area contributed by atoms with Crippen LogP contribution in [0, 0.1) is 0 Å². The highest BCUT2D eigenvalue weighted by atomic mass is 16.5. The summed E-state index contributed by atoms with van der Waals surface area (Å²) in [6.45, 7) is 14.6. The predicted molar refractivity (Wildman–Crippen MR) is 226 cm³/mol. The highest BCUT2D eigenvalue weighted by molar-refractivity contribution is 4.93. The standard InChI is InChI=1S/C46H87N3O2/c1-4-6-8-10-12-14-16-18-20-22-24-26-28-30-32-34-42-50-44-46(47-36-37-49-40-38-48(3)39-41-49)45-51-43-35-33-31-29-27-25-23-21-19-17-15-13-11-9-7-5-2/h12-15,18-21,46-47H,4-11,16-17,22-45H2,1-3H3. The fourth-order valence-corrected chi connectivity index (χ4v) is 6.50. The van der Waals surface area contributed by atoms with Gasteiger partial charge >= 0.3 is 0 Å². The number of ether oxygens (including phenoxy) is 2. The van der Waals surface area contributed by atoms with Crippen molar-refractivity contribution in [3.8, 4) is 0 Å². The molecule has 0 atom stereocenters. The molecule has 0 unspecified atom stereocenters. The van der Waals surface area contributed by atoms with Crippen molar-refractivity contribution in [2.45, 2.75) is 174 Å². The molecule has 0 radical (unpaired) electrons. The van der Waals surface area contributed by atoms with Gasteiger partial charge in [-0.3, -0.25) is 4.90 Å². The molecule has 5 nitrogen and oxygen atoms in total. The average Bonchev–Trinajstić information content (AvgIpc) is 3.14. The van der Waals surface area contributed by atoms with Crippen molar-refractivity contribution in [3.63, 3.8) is 0 Å². The number of rotatable bonds is 38. The minimum absolute atomic E-state index is 0.284. The first-order valence-electron chi connectivity index (χ1n) is 22.2. The summed E-state index contributed by atoms with van der Waals surface area (Å²) in [6.07, 6.45) is 49.6. The summed E-state index contributed by atoms with van der Waals surface area (Å²) in [5.74, 6) is 0. The number of allylic oxidation sites excluding steroid dienone is 8. The zero-order valence-corrected chi connectivity index (χ0v) is 34.4. The number of likely N-dealkylation sites (N-methyl/N-ethyl adjacent to an activating group) is 1. The fraction of sp³-hybridized carbons (Fsp3) is 0.826. The van der Waals surface area contributed by atoms with Crippen LogP contribution in [0.5, 0.6) is 0 Å². The van der Waals surface area contributed by atoms with Crippen LogP contribution in [0.15, 0.2) is 48.6 Å². The van der Waals surface area contributed by atoms with Crippen molar-refractivity contribution in [3.05, 3.63) is 48.6 Å². The predicted octanol–water partition coefficient (Wildman–Crippen LogP) is 11.9. The maximum atomic E-state index is 6.17. The molecular weight excluding hydrogens is 627 g/mol. The van der Waals surface area contributed by atoms with Crippen LogP contribution in [0.3, 0.4) is 0 Å². The monoisotopic (exact) mass is 714 g/mol. The van der Waals surface area contributed by atoms with E-state index < -0.39 is 0 Å². The second-order valence-electron chi connectivity index (χ2n) is 15.1. The molecule has 0 bridgehead atoms. The van der Waals surface area contributed by atoms with Crippen LogP contribution < -0.4 is 5.32 Å². The number of unbranched alkanes of at least 4 members (excludes halogenated alkanes) is 18. The molecule has 0 aromatic carbocycles. The third kappa shape index (κ3) is 35.6. The van der Waals surface area contributed by atoms with E-state index in [0.717, 1.165) is 52.4 Å². The molecule has 0 spiro atoms. The molecule has 1 fully saturated rings. The smallest absolute Gasteiger partial charge is 0.0642 e. The molecule has 1 saturated heterocycles. The Morgan fingerprint density at radius 1 is 0.490 bits per heavy atom. The second-order valence-corrected chi connectivity index (χ2v) is 15.1. The Balaban J connectivity index is 2.07. The van der Waals surface area contributed by atoms with Gasteiger partial charge < -0.3 is 19.7 Å². The van der Waals surface area contributed by atoms with Crippen LogP contribution in [0.4, 0.5) is 0 Å². The first-order valence-corrected chi connectivity index (χ1v) is 22.2. The van der Waals surface area contributed by atoms with Gasteiger partial charge in [0.05, 0.1) is 19.3 Å². The van der Waals surface area contributed by atoms with Crippen LogP contribution in [-0.4, -0.2) is 88.6 Å². The highest BCUT2D eigenvalue weighted by Gasteiger charge is 2.14. The summed E-state index contributed by atoms with van der Waals surface area (Å²) in [6, 6.07) is 0.284. The van der Waals surface area contributed by atoms with Crippen LogP contribution in [0.25, 0.3) is 0 Å². The molecule has 1 aliphatic heterocycles. The Labute approximate surface area is 319 Å². The van der Waals surface area contributed by atoms with E-state index in [2.05, 4.69) is 84.6 Å². The van der Waals surface area contributed by atoms with E-state index in [0.29, 0.717) is 0 Å². The van der Waals surface area contributed by atoms with Gasteiger partial charge in [-0.1, -0.05) is 140 Å². The number of hydrogen-bond donors (Lipinski definition) is 1. The molecule has 298 valence electrons. The summed E-state index contributed by atoms with van der Waals surface area (Å²) >= 11 is 0. The van der Waals surface area contributed by atoms with Gasteiger partial charge in [-0.15, -0.1) is 0 Å². The number of piperazine rings is 1. The number of nitrogens with one attached hydrogen (secondary N) is 1. The molecular formula is C46H87N3O2. The number of hydrogen-bond acceptors (Lipinski definition) is 5.